The average Bonchev–Trinajstić information content (AvgIpc) is 2.87. The Bertz CT molecular complexity index is 387. The Kier molecular flexibility index (Phi) is 3.61. The van der Waals surface area contributed by atoms with E-state index in [4.69, 9.17) is 9.26 Å². The Hall–Kier alpha value is -0.940. The zero-order valence-electron chi connectivity index (χ0n) is 11.0. The lowest BCUT2D eigenvalue weighted by atomic mass is 9.95. The summed E-state index contributed by atoms with van der Waals surface area (Å²) in [5.41, 5.74) is 0. The van der Waals surface area contributed by atoms with Gasteiger partial charge in [-0.2, -0.15) is 4.98 Å². The molecule has 0 aliphatic carbocycles. The van der Waals surface area contributed by atoms with Crippen LogP contribution < -0.4 is 0 Å². The molecule has 0 saturated carbocycles. The van der Waals surface area contributed by atoms with Crippen LogP contribution in [0.15, 0.2) is 4.52 Å². The van der Waals surface area contributed by atoms with E-state index in [1.165, 1.54) is 19.4 Å². The van der Waals surface area contributed by atoms with Gasteiger partial charge in [-0.3, -0.25) is 4.90 Å². The summed E-state index contributed by atoms with van der Waals surface area (Å²) < 4.78 is 10.8. The van der Waals surface area contributed by atoms with Gasteiger partial charge in [0.1, 0.15) is 0 Å². The van der Waals surface area contributed by atoms with Gasteiger partial charge in [-0.25, -0.2) is 0 Å². The lowest BCUT2D eigenvalue weighted by Gasteiger charge is -2.38. The Balaban J connectivity index is 1.64. The first-order valence-electron chi connectivity index (χ1n) is 6.95. The number of likely N-dealkylation sites (tertiary alicyclic amines) is 1. The second-order valence-electron chi connectivity index (χ2n) is 5.36. The smallest absolute Gasteiger partial charge is 0.231 e. The third-order valence-electron chi connectivity index (χ3n) is 4.05. The highest BCUT2D eigenvalue weighted by Crippen LogP contribution is 2.28. The van der Waals surface area contributed by atoms with E-state index in [1.54, 1.807) is 0 Å². The standard InChI is InChI=1S/C13H21N3O2/c1-10-14-13(18-15-10)11-3-2-6-16(9-11)12-4-7-17-8-5-12/h11-12H,2-9H2,1H3. The minimum Gasteiger partial charge on any atom is -0.381 e. The summed E-state index contributed by atoms with van der Waals surface area (Å²) in [5.74, 6) is 1.99. The first-order valence-corrected chi connectivity index (χ1v) is 6.95. The van der Waals surface area contributed by atoms with Crippen LogP contribution in [0.3, 0.4) is 0 Å². The summed E-state index contributed by atoms with van der Waals surface area (Å²) in [6, 6.07) is 0.686. The molecule has 2 saturated heterocycles. The van der Waals surface area contributed by atoms with Crippen molar-refractivity contribution >= 4 is 0 Å². The topological polar surface area (TPSA) is 51.4 Å². The van der Waals surface area contributed by atoms with Crippen LogP contribution in [-0.4, -0.2) is 47.4 Å². The molecule has 2 fully saturated rings. The molecule has 0 bridgehead atoms. The average molecular weight is 251 g/mol. The number of hydrogen-bond donors (Lipinski definition) is 0. The first-order chi connectivity index (χ1) is 8.83. The van der Waals surface area contributed by atoms with Gasteiger partial charge >= 0.3 is 0 Å². The summed E-state index contributed by atoms with van der Waals surface area (Å²) in [6.45, 7) is 5.96. The van der Waals surface area contributed by atoms with Crippen molar-refractivity contribution in [1.29, 1.82) is 0 Å². The van der Waals surface area contributed by atoms with Gasteiger partial charge in [0.15, 0.2) is 5.82 Å². The highest BCUT2D eigenvalue weighted by atomic mass is 16.5. The molecule has 1 aromatic heterocycles. The third-order valence-corrected chi connectivity index (χ3v) is 4.05. The molecule has 18 heavy (non-hydrogen) atoms. The van der Waals surface area contributed by atoms with E-state index in [1.807, 2.05) is 6.92 Å². The lowest BCUT2D eigenvalue weighted by molar-refractivity contribution is 0.0221. The molecular weight excluding hydrogens is 230 g/mol. The molecule has 3 rings (SSSR count). The van der Waals surface area contributed by atoms with Crippen molar-refractivity contribution < 1.29 is 9.26 Å². The summed E-state index contributed by atoms with van der Waals surface area (Å²) in [5, 5.41) is 3.90. The fourth-order valence-corrected chi connectivity index (χ4v) is 3.07. The molecule has 0 spiro atoms. The predicted molar refractivity (Wildman–Crippen MR) is 66.4 cm³/mol. The monoisotopic (exact) mass is 251 g/mol. The third kappa shape index (κ3) is 2.57. The number of aryl methyl sites for hydroxylation is 1. The van der Waals surface area contributed by atoms with Crippen molar-refractivity contribution in [2.75, 3.05) is 26.3 Å². The molecule has 3 heterocycles. The normalized spacial score (nSPS) is 27.5. The van der Waals surface area contributed by atoms with Crippen molar-refractivity contribution in [2.45, 2.75) is 44.6 Å². The van der Waals surface area contributed by atoms with Gasteiger partial charge in [-0.15, -0.1) is 0 Å². The van der Waals surface area contributed by atoms with E-state index < -0.39 is 0 Å². The fraction of sp³-hybridized carbons (Fsp3) is 0.846. The van der Waals surface area contributed by atoms with E-state index in [2.05, 4.69) is 15.0 Å². The summed E-state index contributed by atoms with van der Waals surface area (Å²) in [7, 11) is 0. The Morgan fingerprint density at radius 1 is 1.22 bits per heavy atom. The van der Waals surface area contributed by atoms with Gasteiger partial charge in [0.2, 0.25) is 5.89 Å². The highest BCUT2D eigenvalue weighted by Gasteiger charge is 2.30. The maximum absolute atomic E-state index is 5.44. The SMILES string of the molecule is Cc1noc(C2CCCN(C3CCOCC3)C2)n1. The minimum atomic E-state index is 0.419. The van der Waals surface area contributed by atoms with Crippen LogP contribution in [0.25, 0.3) is 0 Å². The second-order valence-corrected chi connectivity index (χ2v) is 5.36. The van der Waals surface area contributed by atoms with Crippen LogP contribution in [0.5, 0.6) is 0 Å². The first kappa shape index (κ1) is 12.1. The largest absolute Gasteiger partial charge is 0.381 e. The van der Waals surface area contributed by atoms with E-state index in [0.717, 1.165) is 44.3 Å². The van der Waals surface area contributed by atoms with Crippen LogP contribution >= 0.6 is 0 Å². The minimum absolute atomic E-state index is 0.419. The predicted octanol–water partition coefficient (Wildman–Crippen LogP) is 1.74. The van der Waals surface area contributed by atoms with Crippen molar-refractivity contribution in [3.05, 3.63) is 11.7 Å². The van der Waals surface area contributed by atoms with E-state index >= 15 is 0 Å². The number of ether oxygens (including phenoxy) is 1. The molecule has 5 heteroatoms. The number of hydrogen-bond acceptors (Lipinski definition) is 5. The zero-order valence-corrected chi connectivity index (χ0v) is 11.0. The maximum atomic E-state index is 5.44. The molecule has 2 aliphatic rings. The quantitative estimate of drug-likeness (QED) is 0.801. The van der Waals surface area contributed by atoms with Gasteiger partial charge in [-0.05, 0) is 39.2 Å². The van der Waals surface area contributed by atoms with Crippen LogP contribution in [0.2, 0.25) is 0 Å². The zero-order chi connectivity index (χ0) is 12.4. The molecule has 1 aromatic rings. The number of rotatable bonds is 2. The summed E-state index contributed by atoms with van der Waals surface area (Å²) in [4.78, 5) is 6.98. The highest BCUT2D eigenvalue weighted by molar-refractivity contribution is 4.97. The molecule has 0 radical (unpaired) electrons. The summed E-state index contributed by atoms with van der Waals surface area (Å²) in [6.07, 6.45) is 4.72. The molecule has 0 N–H and O–H groups in total. The Morgan fingerprint density at radius 2 is 2.06 bits per heavy atom. The molecule has 2 aliphatic heterocycles. The molecule has 0 aromatic carbocycles. The van der Waals surface area contributed by atoms with Crippen LogP contribution in [-0.2, 0) is 4.74 Å². The van der Waals surface area contributed by atoms with Gasteiger partial charge in [0, 0.05) is 25.8 Å². The van der Waals surface area contributed by atoms with Gasteiger partial charge in [0.25, 0.3) is 0 Å². The molecule has 1 atom stereocenters. The van der Waals surface area contributed by atoms with Crippen molar-refractivity contribution in [2.24, 2.45) is 0 Å². The Labute approximate surface area is 107 Å². The molecule has 100 valence electrons. The number of piperidine rings is 1. The summed E-state index contributed by atoms with van der Waals surface area (Å²) >= 11 is 0. The van der Waals surface area contributed by atoms with E-state index in [-0.39, 0.29) is 0 Å². The molecular formula is C13H21N3O2. The van der Waals surface area contributed by atoms with Crippen molar-refractivity contribution in [3.63, 3.8) is 0 Å². The Morgan fingerprint density at radius 3 is 2.78 bits per heavy atom. The van der Waals surface area contributed by atoms with Gasteiger partial charge in [0.05, 0.1) is 5.92 Å². The van der Waals surface area contributed by atoms with E-state index in [9.17, 15) is 0 Å². The van der Waals surface area contributed by atoms with Crippen molar-refractivity contribution in [3.8, 4) is 0 Å². The fourth-order valence-electron chi connectivity index (χ4n) is 3.07. The molecule has 0 amide bonds. The van der Waals surface area contributed by atoms with Crippen LogP contribution in [0.1, 0.15) is 43.3 Å². The maximum Gasteiger partial charge on any atom is 0.231 e. The van der Waals surface area contributed by atoms with Gasteiger partial charge in [-0.1, -0.05) is 5.16 Å². The lowest BCUT2D eigenvalue weighted by Crippen LogP contribution is -2.44. The van der Waals surface area contributed by atoms with Crippen molar-refractivity contribution in [1.82, 2.24) is 15.0 Å². The van der Waals surface area contributed by atoms with E-state index in [0.29, 0.717) is 12.0 Å². The molecule has 1 unspecified atom stereocenters. The number of nitrogens with zero attached hydrogens (tertiary/aromatic N) is 3. The van der Waals surface area contributed by atoms with Crippen LogP contribution in [0, 0.1) is 6.92 Å². The van der Waals surface area contributed by atoms with Gasteiger partial charge < -0.3 is 9.26 Å². The second kappa shape index (κ2) is 5.36. The van der Waals surface area contributed by atoms with Crippen LogP contribution in [0.4, 0.5) is 0 Å². The molecule has 5 nitrogen and oxygen atoms in total. The number of aromatic nitrogens is 2.